The first kappa shape index (κ1) is 13.9. The zero-order valence-corrected chi connectivity index (χ0v) is 12.1. The number of benzene rings is 2. The molecule has 0 saturated carbocycles. The number of fused-ring (bicyclic) bond motifs is 1. The molecule has 1 amide bonds. The van der Waals surface area contributed by atoms with Crippen LogP contribution in [0.1, 0.15) is 11.1 Å². The lowest BCUT2D eigenvalue weighted by Crippen LogP contribution is -2.39. The number of hydrogen-bond acceptors (Lipinski definition) is 2. The largest absolute Gasteiger partial charge is 0.446 e. The van der Waals surface area contributed by atoms with Crippen LogP contribution in [0, 0.1) is 11.6 Å². The average molecular weight is 313 g/mol. The van der Waals surface area contributed by atoms with E-state index in [9.17, 15) is 13.6 Å². The predicted molar refractivity (Wildman–Crippen MR) is 80.5 cm³/mol. The Morgan fingerprint density at radius 2 is 1.87 bits per heavy atom. The topological polar surface area (TPSA) is 29.5 Å². The highest BCUT2D eigenvalue weighted by Crippen LogP contribution is 2.44. The van der Waals surface area contributed by atoms with E-state index in [1.807, 2.05) is 36.4 Å². The number of nitrogens with zero attached hydrogens (tertiary/aromatic N) is 1. The summed E-state index contributed by atoms with van der Waals surface area (Å²) in [6, 6.07) is 12.8. The smallest absolute Gasteiger partial charge is 0.411 e. The van der Waals surface area contributed by atoms with E-state index in [4.69, 9.17) is 4.74 Å². The molecule has 0 aliphatic carbocycles. The van der Waals surface area contributed by atoms with Crippen LogP contribution in [0.4, 0.5) is 13.6 Å². The van der Waals surface area contributed by atoms with Gasteiger partial charge in [-0.2, -0.15) is 0 Å². The number of rotatable bonds is 2. The first-order valence-electron chi connectivity index (χ1n) is 7.27. The van der Waals surface area contributed by atoms with Gasteiger partial charge in [0.2, 0.25) is 0 Å². The maximum atomic E-state index is 14.1. The third-order valence-corrected chi connectivity index (χ3v) is 4.41. The van der Waals surface area contributed by atoms with Gasteiger partial charge < -0.3 is 4.74 Å². The second kappa shape index (κ2) is 4.91. The molecule has 2 aromatic rings. The van der Waals surface area contributed by atoms with Crippen molar-refractivity contribution in [2.45, 2.75) is 5.54 Å². The Hall–Kier alpha value is -2.69. The van der Waals surface area contributed by atoms with Crippen molar-refractivity contribution < 1.29 is 18.3 Å². The summed E-state index contributed by atoms with van der Waals surface area (Å²) in [4.78, 5) is 13.6. The second-order valence-electron chi connectivity index (χ2n) is 5.72. The molecule has 2 aromatic carbocycles. The summed E-state index contributed by atoms with van der Waals surface area (Å²) >= 11 is 0. The molecule has 5 heteroatoms. The normalized spacial score (nSPS) is 22.8. The van der Waals surface area contributed by atoms with E-state index in [-0.39, 0.29) is 18.7 Å². The van der Waals surface area contributed by atoms with Crippen molar-refractivity contribution >= 4 is 11.7 Å². The second-order valence-corrected chi connectivity index (χ2v) is 5.72. The fourth-order valence-corrected chi connectivity index (χ4v) is 3.28. The molecule has 0 spiro atoms. The van der Waals surface area contributed by atoms with Gasteiger partial charge in [0.05, 0.1) is 6.54 Å². The monoisotopic (exact) mass is 313 g/mol. The molecule has 0 bridgehead atoms. The zero-order valence-electron chi connectivity index (χ0n) is 12.1. The van der Waals surface area contributed by atoms with Gasteiger partial charge in [0.25, 0.3) is 0 Å². The third-order valence-electron chi connectivity index (χ3n) is 4.41. The first-order chi connectivity index (χ1) is 11.1. The number of hydrogen-bond donors (Lipinski definition) is 0. The van der Waals surface area contributed by atoms with Gasteiger partial charge in [-0.3, -0.25) is 4.90 Å². The SMILES string of the molecule is O=C1OC[C@]2(c3ccccc3)C=C(c3cc(F)ccc3F)CN12. The Morgan fingerprint density at radius 1 is 1.09 bits per heavy atom. The van der Waals surface area contributed by atoms with Crippen molar-refractivity contribution in [2.75, 3.05) is 13.2 Å². The van der Waals surface area contributed by atoms with E-state index >= 15 is 0 Å². The molecule has 2 aliphatic heterocycles. The molecule has 23 heavy (non-hydrogen) atoms. The highest BCUT2D eigenvalue weighted by atomic mass is 19.1. The van der Waals surface area contributed by atoms with Crippen LogP contribution in [-0.4, -0.2) is 24.1 Å². The van der Waals surface area contributed by atoms with Gasteiger partial charge in [-0.25, -0.2) is 13.6 Å². The quantitative estimate of drug-likeness (QED) is 0.846. The average Bonchev–Trinajstić information content (AvgIpc) is 3.09. The van der Waals surface area contributed by atoms with E-state index in [1.165, 1.54) is 0 Å². The summed E-state index contributed by atoms with van der Waals surface area (Å²) in [7, 11) is 0. The molecule has 1 saturated heterocycles. The standard InChI is InChI=1S/C18H13F2NO2/c19-14-6-7-16(20)15(8-14)12-9-18(13-4-2-1-3-5-13)11-23-17(22)21(18)10-12/h1-9H,10-11H2/t18-/m0/s1. The van der Waals surface area contributed by atoms with Crippen LogP contribution in [0.3, 0.4) is 0 Å². The van der Waals surface area contributed by atoms with Gasteiger partial charge in [0.15, 0.2) is 0 Å². The van der Waals surface area contributed by atoms with E-state index in [0.29, 0.717) is 5.57 Å². The highest BCUT2D eigenvalue weighted by Gasteiger charge is 2.51. The summed E-state index contributed by atoms with van der Waals surface area (Å²) in [6.07, 6.45) is 1.36. The molecule has 0 unspecified atom stereocenters. The Balaban J connectivity index is 1.86. The Morgan fingerprint density at radius 3 is 2.65 bits per heavy atom. The van der Waals surface area contributed by atoms with Crippen molar-refractivity contribution in [3.8, 4) is 0 Å². The van der Waals surface area contributed by atoms with Crippen LogP contribution < -0.4 is 0 Å². The number of amides is 1. The molecule has 2 aliphatic rings. The highest BCUT2D eigenvalue weighted by molar-refractivity contribution is 5.82. The lowest BCUT2D eigenvalue weighted by molar-refractivity contribution is 0.161. The molecule has 0 radical (unpaired) electrons. The molecular formula is C18H13F2NO2. The van der Waals surface area contributed by atoms with Crippen molar-refractivity contribution in [1.82, 2.24) is 4.90 Å². The van der Waals surface area contributed by atoms with Gasteiger partial charge in [0.1, 0.15) is 23.8 Å². The molecule has 0 N–H and O–H groups in total. The van der Waals surface area contributed by atoms with E-state index in [0.717, 1.165) is 23.8 Å². The molecule has 1 fully saturated rings. The zero-order chi connectivity index (χ0) is 16.0. The van der Waals surface area contributed by atoms with E-state index in [2.05, 4.69) is 0 Å². The van der Waals surface area contributed by atoms with Gasteiger partial charge >= 0.3 is 6.09 Å². The summed E-state index contributed by atoms with van der Waals surface area (Å²) in [6.45, 7) is 0.352. The predicted octanol–water partition coefficient (Wildman–Crippen LogP) is 3.71. The van der Waals surface area contributed by atoms with Gasteiger partial charge in [-0.1, -0.05) is 30.3 Å². The molecule has 116 valence electrons. The fourth-order valence-electron chi connectivity index (χ4n) is 3.28. The van der Waals surface area contributed by atoms with Gasteiger partial charge in [-0.05, 0) is 35.4 Å². The van der Waals surface area contributed by atoms with Crippen LogP contribution in [0.15, 0.2) is 54.6 Å². The first-order valence-corrected chi connectivity index (χ1v) is 7.27. The molecular weight excluding hydrogens is 300 g/mol. The van der Waals surface area contributed by atoms with Crippen molar-refractivity contribution in [1.29, 1.82) is 0 Å². The third kappa shape index (κ3) is 2.04. The minimum atomic E-state index is -0.758. The Kier molecular flexibility index (Phi) is 2.98. The van der Waals surface area contributed by atoms with Crippen molar-refractivity contribution in [3.63, 3.8) is 0 Å². The van der Waals surface area contributed by atoms with Crippen LogP contribution in [0.2, 0.25) is 0 Å². The van der Waals surface area contributed by atoms with E-state index < -0.39 is 23.3 Å². The van der Waals surface area contributed by atoms with Gasteiger partial charge in [-0.15, -0.1) is 0 Å². The lowest BCUT2D eigenvalue weighted by atomic mass is 9.90. The van der Waals surface area contributed by atoms with Crippen LogP contribution in [-0.2, 0) is 10.3 Å². The molecule has 3 nitrogen and oxygen atoms in total. The summed E-state index contributed by atoms with van der Waals surface area (Å²) < 4.78 is 32.8. The minimum absolute atomic E-state index is 0.163. The number of ether oxygens (including phenoxy) is 1. The summed E-state index contributed by atoms with van der Waals surface area (Å²) in [5, 5.41) is 0. The Bertz CT molecular complexity index is 819. The molecule has 2 heterocycles. The number of carbonyl (C=O) groups is 1. The van der Waals surface area contributed by atoms with Crippen molar-refractivity contribution in [2.24, 2.45) is 0 Å². The maximum absolute atomic E-state index is 14.1. The van der Waals surface area contributed by atoms with Crippen LogP contribution in [0.5, 0.6) is 0 Å². The molecule has 1 atom stereocenters. The van der Waals surface area contributed by atoms with E-state index in [1.54, 1.807) is 4.90 Å². The van der Waals surface area contributed by atoms with Crippen LogP contribution >= 0.6 is 0 Å². The van der Waals surface area contributed by atoms with Crippen molar-refractivity contribution in [3.05, 3.63) is 77.4 Å². The maximum Gasteiger partial charge on any atom is 0.411 e. The number of carbonyl (C=O) groups excluding carboxylic acids is 1. The Labute approximate surface area is 131 Å². The fraction of sp³-hybridized carbons (Fsp3) is 0.167. The van der Waals surface area contributed by atoms with Gasteiger partial charge in [0, 0.05) is 5.56 Å². The summed E-state index contributed by atoms with van der Waals surface area (Å²) in [5.41, 5.74) is 0.898. The minimum Gasteiger partial charge on any atom is -0.446 e. The number of cyclic esters (lactones) is 1. The lowest BCUT2D eigenvalue weighted by Gasteiger charge is -2.27. The summed E-state index contributed by atoms with van der Waals surface area (Å²) in [5.74, 6) is -1.01. The van der Waals surface area contributed by atoms with Crippen LogP contribution in [0.25, 0.3) is 5.57 Å². The molecule has 4 rings (SSSR count). The number of halogens is 2. The molecule has 0 aromatic heterocycles.